The normalized spacial score (nSPS) is 11.0. The molecule has 0 aliphatic rings. The molecule has 118 valence electrons. The molecule has 3 rings (SSSR count). The monoisotopic (exact) mass is 326 g/mol. The third-order valence-corrected chi connectivity index (χ3v) is 4.60. The smallest absolute Gasteiger partial charge is 0.266 e. The van der Waals surface area contributed by atoms with Crippen molar-refractivity contribution in [3.05, 3.63) is 64.4 Å². The number of thioether (sulfide) groups is 1. The third kappa shape index (κ3) is 3.02. The van der Waals surface area contributed by atoms with Crippen LogP contribution in [-0.4, -0.2) is 27.0 Å². The first-order valence-corrected chi connectivity index (χ1v) is 8.58. The number of rotatable bonds is 5. The Kier molecular flexibility index (Phi) is 4.79. The van der Waals surface area contributed by atoms with Gasteiger partial charge in [-0.05, 0) is 30.2 Å². The Morgan fingerprint density at radius 2 is 1.87 bits per heavy atom. The number of aliphatic hydroxyl groups is 1. The maximum Gasteiger partial charge on any atom is 0.266 e. The predicted octanol–water partition coefficient (Wildman–Crippen LogP) is 3.03. The summed E-state index contributed by atoms with van der Waals surface area (Å²) in [5.74, 6) is 0.499. The minimum absolute atomic E-state index is 0.0444. The van der Waals surface area contributed by atoms with Gasteiger partial charge in [0.1, 0.15) is 0 Å². The number of aryl methyl sites for hydroxylation is 1. The Morgan fingerprint density at radius 3 is 2.65 bits per heavy atom. The molecule has 3 aromatic rings. The number of aromatic nitrogens is 2. The van der Waals surface area contributed by atoms with Gasteiger partial charge in [-0.15, -0.1) is 0 Å². The fourth-order valence-electron chi connectivity index (χ4n) is 2.59. The van der Waals surface area contributed by atoms with E-state index in [1.165, 1.54) is 11.8 Å². The maximum absolute atomic E-state index is 13.0. The molecule has 0 amide bonds. The van der Waals surface area contributed by atoms with Crippen molar-refractivity contribution in [2.75, 3.05) is 12.4 Å². The first-order chi connectivity index (χ1) is 11.3. The first-order valence-electron chi connectivity index (χ1n) is 7.60. The van der Waals surface area contributed by atoms with E-state index in [0.717, 1.165) is 17.7 Å². The lowest BCUT2D eigenvalue weighted by molar-refractivity contribution is 0.322. The maximum atomic E-state index is 13.0. The Morgan fingerprint density at radius 1 is 1.13 bits per heavy atom. The molecular weight excluding hydrogens is 308 g/mol. The summed E-state index contributed by atoms with van der Waals surface area (Å²) in [6, 6.07) is 15.2. The van der Waals surface area contributed by atoms with Crippen molar-refractivity contribution in [2.24, 2.45) is 0 Å². The molecule has 0 radical (unpaired) electrons. The molecule has 0 aliphatic heterocycles. The summed E-state index contributed by atoms with van der Waals surface area (Å²) in [5, 5.41) is 10.4. The van der Waals surface area contributed by atoms with Gasteiger partial charge < -0.3 is 5.11 Å². The second-order valence-electron chi connectivity index (χ2n) is 5.11. The molecular formula is C18H18N2O2S. The highest BCUT2D eigenvalue weighted by atomic mass is 32.2. The molecule has 0 fully saturated rings. The van der Waals surface area contributed by atoms with Crippen LogP contribution in [0.15, 0.2) is 58.5 Å². The van der Waals surface area contributed by atoms with Crippen LogP contribution in [0.3, 0.4) is 0 Å². The van der Waals surface area contributed by atoms with E-state index in [2.05, 4.69) is 11.9 Å². The van der Waals surface area contributed by atoms with E-state index >= 15 is 0 Å². The summed E-state index contributed by atoms with van der Waals surface area (Å²) in [4.78, 5) is 17.7. The van der Waals surface area contributed by atoms with E-state index in [-0.39, 0.29) is 12.2 Å². The lowest BCUT2D eigenvalue weighted by atomic mass is 10.1. The topological polar surface area (TPSA) is 55.1 Å². The van der Waals surface area contributed by atoms with E-state index in [9.17, 15) is 4.79 Å². The third-order valence-electron chi connectivity index (χ3n) is 3.68. The Hall–Kier alpha value is -2.11. The van der Waals surface area contributed by atoms with Crippen molar-refractivity contribution in [2.45, 2.75) is 18.5 Å². The molecule has 1 aromatic heterocycles. The number of benzene rings is 2. The van der Waals surface area contributed by atoms with Crippen LogP contribution in [0.1, 0.15) is 12.5 Å². The highest BCUT2D eigenvalue weighted by Gasteiger charge is 2.14. The minimum Gasteiger partial charge on any atom is -0.396 e. The van der Waals surface area contributed by atoms with Gasteiger partial charge >= 0.3 is 0 Å². The molecule has 23 heavy (non-hydrogen) atoms. The summed E-state index contributed by atoms with van der Waals surface area (Å²) in [5.41, 5.74) is 2.57. The van der Waals surface area contributed by atoms with Crippen LogP contribution in [0, 0.1) is 0 Å². The van der Waals surface area contributed by atoms with E-state index in [0.29, 0.717) is 21.8 Å². The van der Waals surface area contributed by atoms with E-state index in [1.54, 1.807) is 10.6 Å². The molecule has 0 aliphatic carbocycles. The molecule has 0 bridgehead atoms. The molecule has 2 aromatic carbocycles. The van der Waals surface area contributed by atoms with E-state index in [1.807, 2.05) is 42.5 Å². The lowest BCUT2D eigenvalue weighted by Gasteiger charge is -2.15. The quantitative estimate of drug-likeness (QED) is 0.578. The average Bonchev–Trinajstić information content (AvgIpc) is 2.60. The van der Waals surface area contributed by atoms with Gasteiger partial charge in [0.2, 0.25) is 0 Å². The Balaban J connectivity index is 2.32. The first kappa shape index (κ1) is 15.8. The van der Waals surface area contributed by atoms with Crippen molar-refractivity contribution in [3.8, 4) is 5.69 Å². The van der Waals surface area contributed by atoms with E-state index in [4.69, 9.17) is 5.11 Å². The van der Waals surface area contributed by atoms with Crippen molar-refractivity contribution < 1.29 is 5.11 Å². The average molecular weight is 326 g/mol. The summed E-state index contributed by atoms with van der Waals surface area (Å²) in [6.45, 7) is 2.11. The van der Waals surface area contributed by atoms with Gasteiger partial charge in [-0.25, -0.2) is 4.98 Å². The number of nitrogens with zero attached hydrogens (tertiary/aromatic N) is 2. The molecule has 0 saturated carbocycles. The summed E-state index contributed by atoms with van der Waals surface area (Å²) < 4.78 is 1.67. The van der Waals surface area contributed by atoms with Gasteiger partial charge in [0, 0.05) is 5.75 Å². The summed E-state index contributed by atoms with van der Waals surface area (Å²) >= 11 is 1.39. The molecule has 0 atom stereocenters. The number of para-hydroxylation sites is 2. The summed E-state index contributed by atoms with van der Waals surface area (Å²) in [7, 11) is 0. The zero-order valence-electron chi connectivity index (χ0n) is 12.9. The number of fused-ring (bicyclic) bond motifs is 1. The van der Waals surface area contributed by atoms with Crippen LogP contribution in [0.25, 0.3) is 16.6 Å². The highest BCUT2D eigenvalue weighted by Crippen LogP contribution is 2.23. The minimum atomic E-state index is -0.0723. The van der Waals surface area contributed by atoms with Crippen molar-refractivity contribution in [1.29, 1.82) is 0 Å². The fourth-order valence-corrected chi connectivity index (χ4v) is 3.33. The van der Waals surface area contributed by atoms with Crippen molar-refractivity contribution in [3.63, 3.8) is 0 Å². The van der Waals surface area contributed by atoms with Crippen LogP contribution < -0.4 is 5.56 Å². The molecule has 0 saturated heterocycles. The van der Waals surface area contributed by atoms with Crippen LogP contribution in [0.2, 0.25) is 0 Å². The lowest BCUT2D eigenvalue weighted by Crippen LogP contribution is -2.23. The van der Waals surface area contributed by atoms with Gasteiger partial charge in [-0.1, -0.05) is 49.0 Å². The van der Waals surface area contributed by atoms with Crippen LogP contribution in [0.4, 0.5) is 0 Å². The zero-order chi connectivity index (χ0) is 16.2. The number of hydrogen-bond donors (Lipinski definition) is 1. The van der Waals surface area contributed by atoms with Gasteiger partial charge in [0.15, 0.2) is 5.16 Å². The van der Waals surface area contributed by atoms with Crippen LogP contribution >= 0.6 is 11.8 Å². The van der Waals surface area contributed by atoms with Crippen molar-refractivity contribution >= 4 is 22.7 Å². The molecule has 1 N–H and O–H groups in total. The van der Waals surface area contributed by atoms with Gasteiger partial charge in [-0.3, -0.25) is 9.36 Å². The Bertz CT molecular complexity index is 890. The standard InChI is InChI=1S/C18H18N2O2S/c1-2-13-7-3-6-10-16(13)20-17(22)14-8-4-5-9-15(14)19-18(20)23-12-11-21/h3-10,21H,2,11-12H2,1H3. The molecule has 4 nitrogen and oxygen atoms in total. The zero-order valence-corrected chi connectivity index (χ0v) is 13.7. The van der Waals surface area contributed by atoms with E-state index < -0.39 is 0 Å². The highest BCUT2D eigenvalue weighted by molar-refractivity contribution is 7.99. The molecule has 1 heterocycles. The van der Waals surface area contributed by atoms with Gasteiger partial charge in [0.25, 0.3) is 5.56 Å². The second kappa shape index (κ2) is 6.98. The number of aliphatic hydroxyl groups excluding tert-OH is 1. The number of hydrogen-bond acceptors (Lipinski definition) is 4. The molecule has 0 spiro atoms. The van der Waals surface area contributed by atoms with Gasteiger partial charge in [0.05, 0.1) is 23.2 Å². The SMILES string of the molecule is CCc1ccccc1-n1c(SCCO)nc2ccccc2c1=O. The molecule has 0 unspecified atom stereocenters. The largest absolute Gasteiger partial charge is 0.396 e. The van der Waals surface area contributed by atoms with Crippen molar-refractivity contribution in [1.82, 2.24) is 9.55 Å². The van der Waals surface area contributed by atoms with Crippen LogP contribution in [0.5, 0.6) is 0 Å². The predicted molar refractivity (Wildman–Crippen MR) is 94.5 cm³/mol. The second-order valence-corrected chi connectivity index (χ2v) is 6.17. The molecule has 5 heteroatoms. The Labute approximate surface area is 138 Å². The fraction of sp³-hybridized carbons (Fsp3) is 0.222. The summed E-state index contributed by atoms with van der Waals surface area (Å²) in [6.07, 6.45) is 0.833. The van der Waals surface area contributed by atoms with Crippen LogP contribution in [-0.2, 0) is 6.42 Å². The van der Waals surface area contributed by atoms with Gasteiger partial charge in [-0.2, -0.15) is 0 Å².